The largest absolute Gasteiger partial charge is 0.494 e. The Balaban J connectivity index is 0.00000338. The van der Waals surface area contributed by atoms with E-state index < -0.39 is 0 Å². The monoisotopic (exact) mass is 492 g/mol. The molecule has 2 rings (SSSR count). The highest BCUT2D eigenvalue weighted by atomic mass is 127. The van der Waals surface area contributed by atoms with Gasteiger partial charge in [0, 0.05) is 31.9 Å². The minimum absolute atomic E-state index is 0. The predicted molar refractivity (Wildman–Crippen MR) is 116 cm³/mol. The molecule has 0 unspecified atom stereocenters. The number of hydrogen-bond donors (Lipinski definition) is 1. The Labute approximate surface area is 175 Å². The SMILES string of the molecule is CCNC(=NCCCOc1ccc(F)cc1)N(C)Cc1csc(C)n1.I. The number of ether oxygens (including phenoxy) is 1. The highest BCUT2D eigenvalue weighted by molar-refractivity contribution is 14.0. The van der Waals surface area contributed by atoms with Crippen LogP contribution < -0.4 is 10.1 Å². The van der Waals surface area contributed by atoms with Gasteiger partial charge in [-0.1, -0.05) is 0 Å². The van der Waals surface area contributed by atoms with E-state index in [0.717, 1.165) is 36.2 Å². The van der Waals surface area contributed by atoms with Crippen LogP contribution in [-0.2, 0) is 6.54 Å². The molecule has 26 heavy (non-hydrogen) atoms. The van der Waals surface area contributed by atoms with Gasteiger partial charge in [-0.25, -0.2) is 9.37 Å². The lowest BCUT2D eigenvalue weighted by Gasteiger charge is -2.21. The van der Waals surface area contributed by atoms with Gasteiger partial charge in [0.2, 0.25) is 0 Å². The van der Waals surface area contributed by atoms with Gasteiger partial charge in [-0.2, -0.15) is 0 Å². The van der Waals surface area contributed by atoms with Crippen LogP contribution in [0.5, 0.6) is 5.75 Å². The fourth-order valence-corrected chi connectivity index (χ4v) is 2.84. The van der Waals surface area contributed by atoms with Crippen molar-refractivity contribution in [1.82, 2.24) is 15.2 Å². The highest BCUT2D eigenvalue weighted by Gasteiger charge is 2.08. The maximum Gasteiger partial charge on any atom is 0.194 e. The number of aromatic nitrogens is 1. The zero-order valence-corrected chi connectivity index (χ0v) is 18.5. The molecule has 2 aromatic rings. The number of halogens is 2. The minimum Gasteiger partial charge on any atom is -0.494 e. The molecule has 1 aromatic carbocycles. The third kappa shape index (κ3) is 7.86. The first-order chi connectivity index (χ1) is 12.1. The maximum atomic E-state index is 12.8. The second-order valence-electron chi connectivity index (χ2n) is 5.61. The van der Waals surface area contributed by atoms with Crippen molar-refractivity contribution in [2.45, 2.75) is 26.8 Å². The zero-order chi connectivity index (χ0) is 18.1. The second-order valence-corrected chi connectivity index (χ2v) is 6.67. The first kappa shape index (κ1) is 22.6. The molecule has 5 nitrogen and oxygen atoms in total. The summed E-state index contributed by atoms with van der Waals surface area (Å²) in [5.74, 6) is 1.27. The molecule has 8 heteroatoms. The van der Waals surface area contributed by atoms with Crippen LogP contribution in [0.4, 0.5) is 4.39 Å². The third-order valence-corrected chi connectivity index (χ3v) is 4.23. The van der Waals surface area contributed by atoms with Gasteiger partial charge in [-0.15, -0.1) is 35.3 Å². The number of nitrogens with one attached hydrogen (secondary N) is 1. The van der Waals surface area contributed by atoms with E-state index in [4.69, 9.17) is 4.74 Å². The number of guanidine groups is 1. The first-order valence-electron chi connectivity index (χ1n) is 8.37. The van der Waals surface area contributed by atoms with Crippen molar-refractivity contribution >= 4 is 41.3 Å². The number of rotatable bonds is 8. The highest BCUT2D eigenvalue weighted by Crippen LogP contribution is 2.11. The smallest absolute Gasteiger partial charge is 0.194 e. The average Bonchev–Trinajstić information content (AvgIpc) is 3.00. The summed E-state index contributed by atoms with van der Waals surface area (Å²) in [6, 6.07) is 6.05. The molecule has 0 saturated heterocycles. The summed E-state index contributed by atoms with van der Waals surface area (Å²) in [6.07, 6.45) is 0.788. The third-order valence-electron chi connectivity index (χ3n) is 3.41. The molecule has 144 valence electrons. The molecule has 0 aliphatic heterocycles. The number of thiazole rings is 1. The molecule has 0 aliphatic carbocycles. The molecule has 0 bridgehead atoms. The van der Waals surface area contributed by atoms with E-state index in [-0.39, 0.29) is 29.8 Å². The van der Waals surface area contributed by atoms with Gasteiger partial charge < -0.3 is 15.0 Å². The van der Waals surface area contributed by atoms with Crippen LogP contribution in [0.2, 0.25) is 0 Å². The van der Waals surface area contributed by atoms with Crippen molar-refractivity contribution < 1.29 is 9.13 Å². The first-order valence-corrected chi connectivity index (χ1v) is 9.25. The van der Waals surface area contributed by atoms with Crippen LogP contribution >= 0.6 is 35.3 Å². The Morgan fingerprint density at radius 2 is 2.08 bits per heavy atom. The molecule has 0 atom stereocenters. The van der Waals surface area contributed by atoms with Crippen LogP contribution in [0.3, 0.4) is 0 Å². The minimum atomic E-state index is -0.259. The van der Waals surface area contributed by atoms with E-state index in [1.54, 1.807) is 23.5 Å². The van der Waals surface area contributed by atoms with Crippen molar-refractivity contribution in [3.8, 4) is 5.75 Å². The fraction of sp³-hybridized carbons (Fsp3) is 0.444. The molecule has 1 heterocycles. The quantitative estimate of drug-likeness (QED) is 0.261. The lowest BCUT2D eigenvalue weighted by atomic mass is 10.3. The second kappa shape index (κ2) is 12.1. The van der Waals surface area contributed by atoms with Gasteiger partial charge >= 0.3 is 0 Å². The summed E-state index contributed by atoms with van der Waals surface area (Å²) in [7, 11) is 2.01. The van der Waals surface area contributed by atoms with E-state index >= 15 is 0 Å². The number of hydrogen-bond acceptors (Lipinski definition) is 4. The van der Waals surface area contributed by atoms with Crippen LogP contribution in [0, 0.1) is 12.7 Å². The molecule has 0 amide bonds. The van der Waals surface area contributed by atoms with Gasteiger partial charge in [-0.3, -0.25) is 4.99 Å². The fourth-order valence-electron chi connectivity index (χ4n) is 2.24. The Kier molecular flexibility index (Phi) is 10.5. The molecule has 0 radical (unpaired) electrons. The molecule has 1 N–H and O–H groups in total. The number of nitrogens with zero attached hydrogens (tertiary/aromatic N) is 3. The van der Waals surface area contributed by atoms with E-state index in [1.165, 1.54) is 12.1 Å². The standard InChI is InChI=1S/C18H25FN4OS.HI/c1-4-20-18(23(3)12-16-13-25-14(2)22-16)21-10-5-11-24-17-8-6-15(19)7-9-17;/h6-9,13H,4-5,10-12H2,1-3H3,(H,20,21);1H. The van der Waals surface area contributed by atoms with Gasteiger partial charge in [0.1, 0.15) is 11.6 Å². The van der Waals surface area contributed by atoms with Gasteiger partial charge in [-0.05, 0) is 38.1 Å². The van der Waals surface area contributed by atoms with E-state index in [1.807, 2.05) is 20.9 Å². The van der Waals surface area contributed by atoms with Gasteiger partial charge in [0.15, 0.2) is 5.96 Å². The number of aryl methyl sites for hydroxylation is 1. The molecular weight excluding hydrogens is 466 g/mol. The normalized spacial score (nSPS) is 11.0. The van der Waals surface area contributed by atoms with Crippen LogP contribution in [0.15, 0.2) is 34.6 Å². The summed E-state index contributed by atoms with van der Waals surface area (Å²) in [5.41, 5.74) is 1.05. The molecule has 0 spiro atoms. The predicted octanol–water partition coefficient (Wildman–Crippen LogP) is 4.08. The Hall–Kier alpha value is -1.42. The maximum absolute atomic E-state index is 12.8. The lowest BCUT2D eigenvalue weighted by molar-refractivity contribution is 0.312. The summed E-state index contributed by atoms with van der Waals surface area (Å²) < 4.78 is 18.4. The summed E-state index contributed by atoms with van der Waals surface area (Å²) in [4.78, 5) is 11.2. The van der Waals surface area contributed by atoms with Crippen molar-refractivity contribution in [3.05, 3.63) is 46.2 Å². The Morgan fingerprint density at radius 3 is 2.69 bits per heavy atom. The van der Waals surface area contributed by atoms with Crippen molar-refractivity contribution in [1.29, 1.82) is 0 Å². The topological polar surface area (TPSA) is 49.8 Å². The Bertz CT molecular complexity index is 678. The van der Waals surface area contributed by atoms with Crippen molar-refractivity contribution in [2.75, 3.05) is 26.7 Å². The molecule has 0 aliphatic rings. The zero-order valence-electron chi connectivity index (χ0n) is 15.4. The van der Waals surface area contributed by atoms with E-state index in [0.29, 0.717) is 18.9 Å². The van der Waals surface area contributed by atoms with Crippen LogP contribution in [0.1, 0.15) is 24.0 Å². The molecule has 1 aromatic heterocycles. The molecule has 0 saturated carbocycles. The lowest BCUT2D eigenvalue weighted by Crippen LogP contribution is -2.38. The van der Waals surface area contributed by atoms with Gasteiger partial charge in [0.05, 0.1) is 23.9 Å². The number of benzene rings is 1. The van der Waals surface area contributed by atoms with Crippen molar-refractivity contribution in [2.24, 2.45) is 4.99 Å². The molecule has 0 fully saturated rings. The summed E-state index contributed by atoms with van der Waals surface area (Å²) >= 11 is 1.66. The summed E-state index contributed by atoms with van der Waals surface area (Å²) in [5, 5.41) is 6.44. The van der Waals surface area contributed by atoms with Crippen LogP contribution in [-0.4, -0.2) is 42.6 Å². The van der Waals surface area contributed by atoms with E-state index in [2.05, 4.69) is 25.6 Å². The van der Waals surface area contributed by atoms with Gasteiger partial charge in [0.25, 0.3) is 0 Å². The molecular formula is C18H26FIN4OS. The van der Waals surface area contributed by atoms with Crippen molar-refractivity contribution in [3.63, 3.8) is 0 Å². The summed E-state index contributed by atoms with van der Waals surface area (Å²) in [6.45, 7) is 6.80. The average molecular weight is 492 g/mol. The van der Waals surface area contributed by atoms with E-state index in [9.17, 15) is 4.39 Å². The van der Waals surface area contributed by atoms with Crippen LogP contribution in [0.25, 0.3) is 0 Å². The number of aliphatic imine (C=N–C) groups is 1. The Morgan fingerprint density at radius 1 is 1.35 bits per heavy atom.